The van der Waals surface area contributed by atoms with Crippen molar-refractivity contribution in [1.29, 1.82) is 0 Å². The molecule has 29 heavy (non-hydrogen) atoms. The molecule has 1 aromatic carbocycles. The molecule has 0 atom stereocenters. The SMILES string of the molecule is Bc1c(C(=O)OCC)[nH]c(CNCCNC)c1-c1ccc(OC)c(OC)c1OC. The van der Waals surface area contributed by atoms with Crippen molar-refractivity contribution in [1.82, 2.24) is 15.6 Å². The predicted molar refractivity (Wildman–Crippen MR) is 116 cm³/mol. The van der Waals surface area contributed by atoms with Crippen LogP contribution in [-0.2, 0) is 11.3 Å². The van der Waals surface area contributed by atoms with Crippen LogP contribution in [0, 0.1) is 0 Å². The molecule has 158 valence electrons. The lowest BCUT2D eigenvalue weighted by molar-refractivity contribution is 0.0521. The molecule has 0 bridgehead atoms. The Hall–Kier alpha value is -2.65. The molecule has 0 amide bonds. The Balaban J connectivity index is 2.61. The second kappa shape index (κ2) is 10.8. The van der Waals surface area contributed by atoms with Gasteiger partial charge in [-0.15, -0.1) is 0 Å². The molecule has 9 heteroatoms. The summed E-state index contributed by atoms with van der Waals surface area (Å²) in [5.41, 5.74) is 3.78. The summed E-state index contributed by atoms with van der Waals surface area (Å²) in [5.74, 6) is 1.23. The molecule has 0 aliphatic rings. The van der Waals surface area contributed by atoms with Crippen molar-refractivity contribution in [3.8, 4) is 28.4 Å². The van der Waals surface area contributed by atoms with Crippen LogP contribution in [-0.4, -0.2) is 66.9 Å². The second-order valence-corrected chi connectivity index (χ2v) is 6.36. The number of esters is 1. The number of carbonyl (C=O) groups excluding carboxylic acids is 1. The van der Waals surface area contributed by atoms with Gasteiger partial charge in [0.25, 0.3) is 0 Å². The third-order valence-corrected chi connectivity index (χ3v) is 4.63. The molecule has 0 aliphatic carbocycles. The number of nitrogens with one attached hydrogen (secondary N) is 3. The summed E-state index contributed by atoms with van der Waals surface area (Å²) in [6.45, 7) is 4.26. The first-order valence-corrected chi connectivity index (χ1v) is 9.57. The van der Waals surface area contributed by atoms with Gasteiger partial charge in [0.2, 0.25) is 5.75 Å². The summed E-state index contributed by atoms with van der Waals surface area (Å²) in [7, 11) is 8.53. The standard InChI is InChI=1S/C20H30BN3O5/c1-6-29-20(25)17-16(21)15(13(24-17)11-23-10-9-22-2)12-7-8-14(26-3)19(28-5)18(12)27-4/h7-8,22-24H,6,9-11,21H2,1-5H3. The molecule has 0 saturated heterocycles. The Morgan fingerprint density at radius 1 is 1.10 bits per heavy atom. The zero-order valence-electron chi connectivity index (χ0n) is 18.0. The maximum absolute atomic E-state index is 12.5. The fourth-order valence-electron chi connectivity index (χ4n) is 3.29. The Morgan fingerprint density at radius 2 is 1.83 bits per heavy atom. The number of benzene rings is 1. The Labute approximate surface area is 172 Å². The topological polar surface area (TPSA) is 93.8 Å². The number of carbonyl (C=O) groups is 1. The maximum Gasteiger partial charge on any atom is 0.354 e. The van der Waals surface area contributed by atoms with Crippen molar-refractivity contribution >= 4 is 19.3 Å². The van der Waals surface area contributed by atoms with Crippen LogP contribution >= 0.6 is 0 Å². The van der Waals surface area contributed by atoms with Crippen LogP contribution in [0.2, 0.25) is 0 Å². The molecule has 0 radical (unpaired) electrons. The van der Waals surface area contributed by atoms with E-state index in [1.165, 1.54) is 0 Å². The number of aromatic amines is 1. The van der Waals surface area contributed by atoms with Gasteiger partial charge in [0.15, 0.2) is 11.5 Å². The van der Waals surface area contributed by atoms with Gasteiger partial charge < -0.3 is 34.6 Å². The summed E-state index contributed by atoms with van der Waals surface area (Å²) in [6, 6.07) is 3.73. The van der Waals surface area contributed by atoms with Crippen LogP contribution in [0.15, 0.2) is 12.1 Å². The van der Waals surface area contributed by atoms with Crippen molar-refractivity contribution in [3.05, 3.63) is 23.5 Å². The van der Waals surface area contributed by atoms with E-state index >= 15 is 0 Å². The normalized spacial score (nSPS) is 10.7. The van der Waals surface area contributed by atoms with Gasteiger partial charge in [-0.3, -0.25) is 0 Å². The highest BCUT2D eigenvalue weighted by molar-refractivity contribution is 6.40. The van der Waals surface area contributed by atoms with Gasteiger partial charge in [0.1, 0.15) is 13.5 Å². The molecule has 0 spiro atoms. The second-order valence-electron chi connectivity index (χ2n) is 6.36. The minimum Gasteiger partial charge on any atom is -0.493 e. The number of methoxy groups -OCH3 is 3. The zero-order chi connectivity index (χ0) is 21.4. The van der Waals surface area contributed by atoms with Crippen LogP contribution in [0.5, 0.6) is 17.2 Å². The minimum atomic E-state index is -0.382. The van der Waals surface area contributed by atoms with E-state index in [1.54, 1.807) is 28.3 Å². The molecular weight excluding hydrogens is 373 g/mol. The summed E-state index contributed by atoms with van der Waals surface area (Å²) in [4.78, 5) is 15.7. The monoisotopic (exact) mass is 403 g/mol. The lowest BCUT2D eigenvalue weighted by Crippen LogP contribution is -2.24. The van der Waals surface area contributed by atoms with E-state index in [2.05, 4.69) is 15.6 Å². The highest BCUT2D eigenvalue weighted by Gasteiger charge is 2.25. The Morgan fingerprint density at radius 3 is 2.41 bits per heavy atom. The van der Waals surface area contributed by atoms with Gasteiger partial charge in [0, 0.05) is 36.5 Å². The molecule has 2 rings (SSSR count). The smallest absolute Gasteiger partial charge is 0.354 e. The van der Waals surface area contributed by atoms with Gasteiger partial charge in [-0.1, -0.05) is 0 Å². The number of aromatic nitrogens is 1. The molecule has 1 aromatic heterocycles. The molecular formula is C20H30BN3O5. The van der Waals surface area contributed by atoms with E-state index < -0.39 is 0 Å². The van der Waals surface area contributed by atoms with Crippen molar-refractivity contribution in [3.63, 3.8) is 0 Å². The number of hydrogen-bond donors (Lipinski definition) is 3. The maximum atomic E-state index is 12.5. The molecule has 2 aromatic rings. The third kappa shape index (κ3) is 4.86. The average molecular weight is 403 g/mol. The van der Waals surface area contributed by atoms with Crippen LogP contribution < -0.4 is 30.3 Å². The first kappa shape index (κ1) is 22.6. The van der Waals surface area contributed by atoms with Crippen molar-refractivity contribution < 1.29 is 23.7 Å². The van der Waals surface area contributed by atoms with Crippen LogP contribution in [0.3, 0.4) is 0 Å². The quantitative estimate of drug-likeness (QED) is 0.285. The Kier molecular flexibility index (Phi) is 8.42. The molecule has 0 unspecified atom stereocenters. The number of likely N-dealkylation sites (N-methyl/N-ethyl adjacent to an activating group) is 1. The number of hydrogen-bond acceptors (Lipinski definition) is 7. The summed E-state index contributed by atoms with van der Waals surface area (Å²) < 4.78 is 21.8. The summed E-state index contributed by atoms with van der Waals surface area (Å²) in [5, 5.41) is 6.47. The van der Waals surface area contributed by atoms with E-state index in [9.17, 15) is 4.79 Å². The van der Waals surface area contributed by atoms with Gasteiger partial charge in [-0.05, 0) is 31.6 Å². The average Bonchev–Trinajstić information content (AvgIpc) is 3.06. The van der Waals surface area contributed by atoms with E-state index in [0.717, 1.165) is 35.4 Å². The predicted octanol–water partition coefficient (Wildman–Crippen LogP) is 0.452. The van der Waals surface area contributed by atoms with E-state index in [1.807, 2.05) is 27.0 Å². The van der Waals surface area contributed by atoms with E-state index in [0.29, 0.717) is 36.1 Å². The van der Waals surface area contributed by atoms with Gasteiger partial charge in [-0.25, -0.2) is 4.79 Å². The van der Waals surface area contributed by atoms with Gasteiger partial charge >= 0.3 is 5.97 Å². The Bertz CT molecular complexity index is 838. The number of rotatable bonds is 11. The molecule has 3 N–H and O–H groups in total. The third-order valence-electron chi connectivity index (χ3n) is 4.63. The summed E-state index contributed by atoms with van der Waals surface area (Å²) >= 11 is 0. The minimum absolute atomic E-state index is 0.308. The molecule has 0 saturated carbocycles. The van der Waals surface area contributed by atoms with Gasteiger partial charge in [0.05, 0.1) is 27.9 Å². The first-order chi connectivity index (χ1) is 14.0. The molecule has 1 heterocycles. The number of H-pyrrole nitrogens is 1. The molecule has 8 nitrogen and oxygen atoms in total. The van der Waals surface area contributed by atoms with Crippen molar-refractivity contribution in [2.24, 2.45) is 0 Å². The summed E-state index contributed by atoms with van der Waals surface area (Å²) in [6.07, 6.45) is 0. The fourth-order valence-corrected chi connectivity index (χ4v) is 3.29. The first-order valence-electron chi connectivity index (χ1n) is 9.57. The van der Waals surface area contributed by atoms with Crippen LogP contribution in [0.25, 0.3) is 11.1 Å². The van der Waals surface area contributed by atoms with Crippen molar-refractivity contribution in [2.75, 3.05) is 48.1 Å². The van der Waals surface area contributed by atoms with Crippen LogP contribution in [0.1, 0.15) is 23.1 Å². The molecule has 0 aliphatic heterocycles. The highest BCUT2D eigenvalue weighted by atomic mass is 16.5. The van der Waals surface area contributed by atoms with E-state index in [4.69, 9.17) is 18.9 Å². The van der Waals surface area contributed by atoms with Gasteiger partial charge in [-0.2, -0.15) is 0 Å². The van der Waals surface area contributed by atoms with Crippen molar-refractivity contribution in [2.45, 2.75) is 13.5 Å². The largest absolute Gasteiger partial charge is 0.493 e. The lowest BCUT2D eigenvalue weighted by Gasteiger charge is -2.17. The zero-order valence-corrected chi connectivity index (χ0v) is 18.0. The highest BCUT2D eigenvalue weighted by Crippen LogP contribution is 2.44. The van der Waals surface area contributed by atoms with E-state index in [-0.39, 0.29) is 5.97 Å². The fraction of sp³-hybridized carbons (Fsp3) is 0.450. The lowest BCUT2D eigenvalue weighted by atomic mass is 9.86. The number of ether oxygens (including phenoxy) is 4. The molecule has 0 fully saturated rings. The van der Waals surface area contributed by atoms with Crippen LogP contribution in [0.4, 0.5) is 0 Å².